The summed E-state index contributed by atoms with van der Waals surface area (Å²) in [5.74, 6) is -1.19. The second-order valence-corrected chi connectivity index (χ2v) is 5.25. The van der Waals surface area contributed by atoms with E-state index in [-0.39, 0.29) is 0 Å². The van der Waals surface area contributed by atoms with Gasteiger partial charge in [0.15, 0.2) is 18.5 Å². The minimum absolute atomic E-state index is 0.331. The van der Waals surface area contributed by atoms with Crippen molar-refractivity contribution in [2.24, 2.45) is 0 Å². The second kappa shape index (κ2) is 7.54. The summed E-state index contributed by atoms with van der Waals surface area (Å²) >= 11 is 0. The molecular weight excluding hydrogens is 304 g/mol. The van der Waals surface area contributed by atoms with Crippen LogP contribution in [0.3, 0.4) is 0 Å². The summed E-state index contributed by atoms with van der Waals surface area (Å²) in [6.07, 6.45) is -4.90. The Morgan fingerprint density at radius 3 is 2.35 bits per heavy atom. The van der Waals surface area contributed by atoms with Crippen molar-refractivity contribution in [2.75, 3.05) is 7.11 Å². The fraction of sp³-hybridized carbons (Fsp3) is 0.500. The molecule has 7 heteroatoms. The van der Waals surface area contributed by atoms with Crippen molar-refractivity contribution < 1.29 is 33.6 Å². The first-order valence-corrected chi connectivity index (χ1v) is 7.23. The van der Waals surface area contributed by atoms with Crippen LogP contribution in [0, 0.1) is 0 Å². The Morgan fingerprint density at radius 2 is 1.78 bits per heavy atom. The number of hydrogen-bond donors (Lipinski definition) is 1. The molecule has 7 nitrogen and oxygen atoms in total. The van der Waals surface area contributed by atoms with E-state index < -0.39 is 42.6 Å². The minimum atomic E-state index is -1.26. The Labute approximate surface area is 134 Å². The molecule has 0 amide bonds. The average molecular weight is 324 g/mol. The van der Waals surface area contributed by atoms with Crippen molar-refractivity contribution in [3.05, 3.63) is 35.9 Å². The van der Waals surface area contributed by atoms with Crippen LogP contribution in [0.1, 0.15) is 24.2 Å². The predicted molar refractivity (Wildman–Crippen MR) is 78.6 cm³/mol. The number of benzene rings is 1. The largest absolute Gasteiger partial charge is 0.457 e. The highest BCUT2D eigenvalue weighted by Crippen LogP contribution is 2.27. The topological polar surface area (TPSA) is 91.3 Å². The number of hydrogen-bond acceptors (Lipinski definition) is 7. The van der Waals surface area contributed by atoms with Crippen LogP contribution in [0.4, 0.5) is 0 Å². The van der Waals surface area contributed by atoms with Gasteiger partial charge in [-0.1, -0.05) is 18.2 Å². The van der Waals surface area contributed by atoms with Crippen molar-refractivity contribution in [3.8, 4) is 0 Å². The van der Waals surface area contributed by atoms with Gasteiger partial charge in [-0.05, 0) is 19.1 Å². The number of ether oxygens (including phenoxy) is 4. The van der Waals surface area contributed by atoms with Gasteiger partial charge in [-0.15, -0.1) is 0 Å². The summed E-state index contributed by atoms with van der Waals surface area (Å²) in [5, 5.41) is 10.4. The molecule has 2 rings (SSSR count). The number of rotatable bonds is 4. The van der Waals surface area contributed by atoms with Crippen molar-refractivity contribution in [1.29, 1.82) is 0 Å². The van der Waals surface area contributed by atoms with Crippen LogP contribution in [0.25, 0.3) is 0 Å². The van der Waals surface area contributed by atoms with Gasteiger partial charge in [-0.2, -0.15) is 0 Å². The molecule has 1 aromatic rings. The Kier molecular flexibility index (Phi) is 5.70. The lowest BCUT2D eigenvalue weighted by Crippen LogP contribution is -2.59. The first-order valence-electron chi connectivity index (χ1n) is 7.23. The van der Waals surface area contributed by atoms with Crippen LogP contribution in [-0.4, -0.2) is 54.9 Å². The molecule has 1 aliphatic rings. The lowest BCUT2D eigenvalue weighted by Gasteiger charge is -2.41. The zero-order chi connectivity index (χ0) is 17.0. The summed E-state index contributed by atoms with van der Waals surface area (Å²) in [5.41, 5.74) is 0.331. The summed E-state index contributed by atoms with van der Waals surface area (Å²) in [6.45, 7) is 2.87. The maximum Gasteiger partial charge on any atom is 0.338 e. The molecule has 1 heterocycles. The SMILES string of the molecule is CO[C@@H]1O[C@H](C)[C@H](OC(C)=O)[C@H](O)[C@H]1OC(=O)c1ccccc1. The molecule has 0 radical (unpaired) electrons. The minimum Gasteiger partial charge on any atom is -0.457 e. The van der Waals surface area contributed by atoms with Crippen LogP contribution in [-0.2, 0) is 23.7 Å². The van der Waals surface area contributed by atoms with E-state index in [9.17, 15) is 14.7 Å². The molecule has 0 bridgehead atoms. The quantitative estimate of drug-likeness (QED) is 0.823. The normalized spacial score (nSPS) is 30.5. The van der Waals surface area contributed by atoms with Crippen molar-refractivity contribution in [1.82, 2.24) is 0 Å². The van der Waals surface area contributed by atoms with Gasteiger partial charge in [0, 0.05) is 14.0 Å². The molecular formula is C16H20O7. The van der Waals surface area contributed by atoms with Gasteiger partial charge < -0.3 is 24.1 Å². The molecule has 1 saturated heterocycles. The molecule has 1 aromatic carbocycles. The van der Waals surface area contributed by atoms with Gasteiger partial charge in [0.2, 0.25) is 0 Å². The standard InChI is InChI=1S/C16H20O7/c1-9-13(22-10(2)17)12(18)14(16(20-3)21-9)23-15(19)11-7-5-4-6-8-11/h4-9,12-14,16,18H,1-3H3/t9-,12+,13+,14-,16-/m1/s1. The molecule has 126 valence electrons. The van der Waals surface area contributed by atoms with E-state index in [1.165, 1.54) is 14.0 Å². The number of carbonyl (C=O) groups excluding carboxylic acids is 2. The van der Waals surface area contributed by atoms with E-state index in [1.54, 1.807) is 37.3 Å². The molecule has 5 atom stereocenters. The number of aliphatic hydroxyl groups is 1. The zero-order valence-electron chi connectivity index (χ0n) is 13.2. The first kappa shape index (κ1) is 17.4. The molecule has 23 heavy (non-hydrogen) atoms. The Bertz CT molecular complexity index is 545. The number of esters is 2. The van der Waals surface area contributed by atoms with E-state index in [4.69, 9.17) is 18.9 Å². The first-order chi connectivity index (χ1) is 10.9. The monoisotopic (exact) mass is 324 g/mol. The average Bonchev–Trinajstić information content (AvgIpc) is 2.54. The highest BCUT2D eigenvalue weighted by Gasteiger charge is 2.47. The molecule has 0 aromatic heterocycles. The lowest BCUT2D eigenvalue weighted by atomic mass is 9.99. The second-order valence-electron chi connectivity index (χ2n) is 5.25. The van der Waals surface area contributed by atoms with Crippen LogP contribution < -0.4 is 0 Å². The van der Waals surface area contributed by atoms with Crippen LogP contribution in [0.15, 0.2) is 30.3 Å². The van der Waals surface area contributed by atoms with E-state index >= 15 is 0 Å². The third-order valence-electron chi connectivity index (χ3n) is 3.54. The maximum absolute atomic E-state index is 12.2. The molecule has 0 spiro atoms. The van der Waals surface area contributed by atoms with Crippen molar-refractivity contribution in [2.45, 2.75) is 44.6 Å². The van der Waals surface area contributed by atoms with Gasteiger partial charge in [0.05, 0.1) is 11.7 Å². The highest BCUT2D eigenvalue weighted by molar-refractivity contribution is 5.89. The van der Waals surface area contributed by atoms with Gasteiger partial charge in [0.1, 0.15) is 6.10 Å². The Balaban J connectivity index is 2.16. The Morgan fingerprint density at radius 1 is 1.13 bits per heavy atom. The summed E-state index contributed by atoms with van der Waals surface area (Å²) in [7, 11) is 1.37. The fourth-order valence-electron chi connectivity index (χ4n) is 2.43. The fourth-order valence-corrected chi connectivity index (χ4v) is 2.43. The van der Waals surface area contributed by atoms with Crippen LogP contribution in [0.5, 0.6) is 0 Å². The lowest BCUT2D eigenvalue weighted by molar-refractivity contribution is -0.287. The molecule has 1 fully saturated rings. The third kappa shape index (κ3) is 4.07. The summed E-state index contributed by atoms with van der Waals surface area (Å²) in [6, 6.07) is 8.34. The smallest absolute Gasteiger partial charge is 0.338 e. The van der Waals surface area contributed by atoms with Gasteiger partial charge in [0.25, 0.3) is 0 Å². The predicted octanol–water partition coefficient (Wildman–Crippen LogP) is 0.896. The summed E-state index contributed by atoms with van der Waals surface area (Å²) in [4.78, 5) is 23.4. The van der Waals surface area contributed by atoms with E-state index in [0.29, 0.717) is 5.56 Å². The number of methoxy groups -OCH3 is 1. The van der Waals surface area contributed by atoms with E-state index in [0.717, 1.165) is 0 Å². The van der Waals surface area contributed by atoms with Crippen LogP contribution in [0.2, 0.25) is 0 Å². The maximum atomic E-state index is 12.2. The van der Waals surface area contributed by atoms with Gasteiger partial charge in [-0.25, -0.2) is 4.79 Å². The molecule has 0 unspecified atom stereocenters. The van der Waals surface area contributed by atoms with Crippen molar-refractivity contribution >= 4 is 11.9 Å². The molecule has 0 saturated carbocycles. The molecule has 1 aliphatic heterocycles. The number of aliphatic hydroxyl groups excluding tert-OH is 1. The molecule has 1 N–H and O–H groups in total. The van der Waals surface area contributed by atoms with Crippen LogP contribution >= 0.6 is 0 Å². The van der Waals surface area contributed by atoms with E-state index in [2.05, 4.69) is 0 Å². The number of carbonyl (C=O) groups is 2. The van der Waals surface area contributed by atoms with Gasteiger partial charge in [-0.3, -0.25) is 4.79 Å². The van der Waals surface area contributed by atoms with Crippen molar-refractivity contribution in [3.63, 3.8) is 0 Å². The summed E-state index contributed by atoms with van der Waals surface area (Å²) < 4.78 is 21.1. The highest BCUT2D eigenvalue weighted by atomic mass is 16.7. The molecule has 0 aliphatic carbocycles. The zero-order valence-corrected chi connectivity index (χ0v) is 13.2. The van der Waals surface area contributed by atoms with E-state index in [1.807, 2.05) is 0 Å². The van der Waals surface area contributed by atoms with Gasteiger partial charge >= 0.3 is 11.9 Å². The Hall–Kier alpha value is -1.96. The third-order valence-corrected chi connectivity index (χ3v) is 3.54.